The Morgan fingerprint density at radius 3 is 1.06 bits per heavy atom. The zero-order chi connectivity index (χ0) is 10.8. The van der Waals surface area contributed by atoms with Crippen molar-refractivity contribution in [1.29, 1.82) is 0 Å². The molecule has 0 fully saturated rings. The Morgan fingerprint density at radius 1 is 0.875 bits per heavy atom. The minimum atomic E-state index is -4.42. The molecule has 0 aromatic rings. The molecule has 0 radical (unpaired) electrons. The van der Waals surface area contributed by atoms with E-state index in [2.05, 4.69) is 0 Å². The fourth-order valence-electron chi connectivity index (χ4n) is 0.434. The Morgan fingerprint density at radius 2 is 1.06 bits per heavy atom. The SMILES string of the molecule is O=C(O)C([N+](=O)[O-])([N+](=O)[O-])[N+](=O)[O-].[NaH].[NaH].[NaH]. The van der Waals surface area contributed by atoms with Crippen LogP contribution in [0.4, 0.5) is 0 Å². The van der Waals surface area contributed by atoms with Crippen molar-refractivity contribution in [3.8, 4) is 0 Å². The molecule has 11 nitrogen and oxygen atoms in total. The predicted molar refractivity (Wildman–Crippen MR) is 52.8 cm³/mol. The van der Waals surface area contributed by atoms with E-state index in [4.69, 9.17) is 5.11 Å². The summed E-state index contributed by atoms with van der Waals surface area (Å²) in [7, 11) is 0. The summed E-state index contributed by atoms with van der Waals surface area (Å²) in [6, 6.07) is 0. The first-order valence-corrected chi connectivity index (χ1v) is 2.44. The van der Waals surface area contributed by atoms with Crippen LogP contribution in [-0.2, 0) is 4.79 Å². The minimum absolute atomic E-state index is 0. The number of aliphatic carboxylic acids is 1. The summed E-state index contributed by atoms with van der Waals surface area (Å²) in [5.41, 5.74) is 0. The van der Waals surface area contributed by atoms with Crippen molar-refractivity contribution in [3.05, 3.63) is 30.3 Å². The van der Waals surface area contributed by atoms with Gasteiger partial charge in [-0.25, -0.2) is 4.79 Å². The van der Waals surface area contributed by atoms with Crippen LogP contribution in [0.1, 0.15) is 0 Å². The van der Waals surface area contributed by atoms with Crippen molar-refractivity contribution in [2.45, 2.75) is 5.79 Å². The summed E-state index contributed by atoms with van der Waals surface area (Å²) in [4.78, 5) is 33.4. The molecule has 16 heavy (non-hydrogen) atoms. The first kappa shape index (κ1) is 25.5. The molecule has 1 N–H and O–H groups in total. The third-order valence-electron chi connectivity index (χ3n) is 1.05. The second kappa shape index (κ2) is 9.67. The Hall–Kier alpha value is 0.670. The zero-order valence-electron chi connectivity index (χ0n) is 5.65. The quantitative estimate of drug-likeness (QED) is 0.238. The summed E-state index contributed by atoms with van der Waals surface area (Å²) in [6.07, 6.45) is 0. The van der Waals surface area contributed by atoms with Gasteiger partial charge in [0.05, 0.1) is 0 Å². The summed E-state index contributed by atoms with van der Waals surface area (Å²) in [5, 5.41) is 37.7. The molecule has 78 valence electrons. The van der Waals surface area contributed by atoms with Gasteiger partial charge in [0.2, 0.25) is 0 Å². The average molecular weight is 267 g/mol. The summed E-state index contributed by atoms with van der Waals surface area (Å²) in [6.45, 7) is 0. The van der Waals surface area contributed by atoms with Gasteiger partial charge in [0.25, 0.3) is 0 Å². The first-order chi connectivity index (χ1) is 5.77. The Bertz CT molecular complexity index is 243. The normalized spacial score (nSPS) is 8.50. The number of nitro groups is 3. The average Bonchev–Trinajstić information content (AvgIpc) is 1.82. The zero-order valence-corrected chi connectivity index (χ0v) is 5.65. The standard InChI is InChI=1S/C2HN3O8.3Na.3H/c6-1(7)2(3(8)9,4(10)11)5(12)13;;;;;;/h(H,6,7);;;;;;. The van der Waals surface area contributed by atoms with Gasteiger partial charge in [0.15, 0.2) is 14.8 Å². The Labute approximate surface area is 153 Å². The third-order valence-corrected chi connectivity index (χ3v) is 1.05. The molecule has 14 heteroatoms. The molecule has 0 bridgehead atoms. The maximum absolute atomic E-state index is 10.0. The monoisotopic (exact) mass is 267 g/mol. The van der Waals surface area contributed by atoms with Crippen molar-refractivity contribution >= 4 is 94.6 Å². The molecular weight excluding hydrogens is 263 g/mol. The molecule has 0 aliphatic carbocycles. The fourth-order valence-corrected chi connectivity index (χ4v) is 0.434. The molecule has 0 atom stereocenters. The van der Waals surface area contributed by atoms with E-state index in [0.29, 0.717) is 0 Å². The van der Waals surface area contributed by atoms with Crippen LogP contribution >= 0.6 is 0 Å². The van der Waals surface area contributed by atoms with Gasteiger partial charge in [-0.05, 0) is 0 Å². The van der Waals surface area contributed by atoms with Gasteiger partial charge < -0.3 is 5.11 Å². The topological polar surface area (TPSA) is 167 Å². The van der Waals surface area contributed by atoms with Crippen molar-refractivity contribution in [3.63, 3.8) is 0 Å². The van der Waals surface area contributed by atoms with E-state index in [9.17, 15) is 35.1 Å². The number of carboxylic acids is 1. The van der Waals surface area contributed by atoms with Crippen molar-refractivity contribution in [1.82, 2.24) is 0 Å². The number of carbonyl (C=O) groups is 1. The predicted octanol–water partition coefficient (Wildman–Crippen LogP) is -3.39. The van der Waals surface area contributed by atoms with Gasteiger partial charge in [-0.1, -0.05) is 0 Å². The molecule has 0 unspecified atom stereocenters. The molecule has 0 saturated heterocycles. The van der Waals surface area contributed by atoms with Crippen LogP contribution in [-0.4, -0.2) is 120 Å². The van der Waals surface area contributed by atoms with Crippen LogP contribution < -0.4 is 0 Å². The molecule has 0 saturated carbocycles. The van der Waals surface area contributed by atoms with Gasteiger partial charge in [-0.2, -0.15) is 0 Å². The second-order valence-corrected chi connectivity index (χ2v) is 1.71. The van der Waals surface area contributed by atoms with E-state index in [-0.39, 0.29) is 88.7 Å². The number of carboxylic acid groups (broad SMARTS) is 1. The molecule has 0 heterocycles. The maximum atomic E-state index is 10.0. The summed E-state index contributed by atoms with van der Waals surface area (Å²) < 4.78 is 0. The van der Waals surface area contributed by atoms with Gasteiger partial charge >= 0.3 is 100 Å². The number of hydrogen-bond donors (Lipinski definition) is 1. The van der Waals surface area contributed by atoms with Crippen LogP contribution in [0.5, 0.6) is 0 Å². The van der Waals surface area contributed by atoms with Crippen LogP contribution in [0, 0.1) is 30.3 Å². The number of rotatable bonds is 4. The van der Waals surface area contributed by atoms with E-state index >= 15 is 0 Å². The van der Waals surface area contributed by atoms with E-state index in [1.165, 1.54) is 0 Å². The van der Waals surface area contributed by atoms with Crippen LogP contribution in [0.2, 0.25) is 0 Å². The molecule has 0 aromatic carbocycles. The third kappa shape index (κ3) is 4.50. The van der Waals surface area contributed by atoms with Gasteiger partial charge in [0, 0.05) is 0 Å². The molecule has 0 aliphatic rings. The van der Waals surface area contributed by atoms with Gasteiger partial charge in [-0.3, -0.25) is 30.3 Å². The summed E-state index contributed by atoms with van der Waals surface area (Å²) >= 11 is 0. The van der Waals surface area contributed by atoms with Gasteiger partial charge in [0.1, 0.15) is 0 Å². The number of hydrogen-bond acceptors (Lipinski definition) is 7. The van der Waals surface area contributed by atoms with E-state index in [0.717, 1.165) is 0 Å². The molecule has 0 rings (SSSR count). The Kier molecular flexibility index (Phi) is 15.4. The van der Waals surface area contributed by atoms with Gasteiger partial charge in [-0.15, -0.1) is 0 Å². The van der Waals surface area contributed by atoms with E-state index in [1.54, 1.807) is 0 Å². The van der Waals surface area contributed by atoms with E-state index < -0.39 is 26.5 Å². The first-order valence-electron chi connectivity index (χ1n) is 2.44. The molecule has 0 aliphatic heterocycles. The Balaban J connectivity index is -0.000000240. The van der Waals surface area contributed by atoms with Crippen molar-refractivity contribution in [2.24, 2.45) is 0 Å². The number of nitrogens with zero attached hydrogens (tertiary/aromatic N) is 3. The van der Waals surface area contributed by atoms with Crippen LogP contribution in [0.3, 0.4) is 0 Å². The van der Waals surface area contributed by atoms with Crippen LogP contribution in [0.15, 0.2) is 0 Å². The van der Waals surface area contributed by atoms with E-state index in [1.807, 2.05) is 0 Å². The van der Waals surface area contributed by atoms with Crippen molar-refractivity contribution in [2.75, 3.05) is 0 Å². The molecule has 0 spiro atoms. The molecular formula is C2H4N3Na3O8. The molecule has 0 aromatic heterocycles. The fraction of sp³-hybridized carbons (Fsp3) is 0.500. The van der Waals surface area contributed by atoms with Crippen molar-refractivity contribution < 1.29 is 24.7 Å². The summed E-state index contributed by atoms with van der Waals surface area (Å²) in [5.74, 6) is -7.17. The molecule has 0 amide bonds. The second-order valence-electron chi connectivity index (χ2n) is 1.71. The van der Waals surface area contributed by atoms with Crippen LogP contribution in [0.25, 0.3) is 0 Å².